The summed E-state index contributed by atoms with van der Waals surface area (Å²) in [5.74, 6) is 0.698. The minimum atomic E-state index is 0.496. The van der Waals surface area contributed by atoms with E-state index in [1.807, 2.05) is 7.11 Å². The third-order valence-electron chi connectivity index (χ3n) is 2.33. The van der Waals surface area contributed by atoms with Crippen LogP contribution in [0.2, 0.25) is 0 Å². The first-order valence-corrected chi connectivity index (χ1v) is 3.95. The number of likely N-dealkylation sites (tertiary alicyclic amines) is 1. The highest BCUT2D eigenvalue weighted by Gasteiger charge is 2.23. The highest BCUT2D eigenvalue weighted by Crippen LogP contribution is 2.17. The summed E-state index contributed by atoms with van der Waals surface area (Å²) in [7, 11) is 3.98. The number of nitrogens with zero attached hydrogens (tertiary/aromatic N) is 1. The third kappa shape index (κ3) is 1.70. The van der Waals surface area contributed by atoms with Gasteiger partial charge in [-0.2, -0.15) is 0 Å². The van der Waals surface area contributed by atoms with E-state index >= 15 is 0 Å². The Kier molecular flexibility index (Phi) is 2.69. The van der Waals surface area contributed by atoms with Gasteiger partial charge in [0.15, 0.2) is 0 Å². The van der Waals surface area contributed by atoms with Crippen LogP contribution in [0.3, 0.4) is 0 Å². The van der Waals surface area contributed by atoms with Gasteiger partial charge in [-0.3, -0.25) is 0 Å². The van der Waals surface area contributed by atoms with Gasteiger partial charge in [0.1, 0.15) is 0 Å². The van der Waals surface area contributed by atoms with Gasteiger partial charge >= 0.3 is 0 Å². The zero-order chi connectivity index (χ0) is 7.56. The van der Waals surface area contributed by atoms with Crippen LogP contribution >= 0.6 is 0 Å². The van der Waals surface area contributed by atoms with Crippen LogP contribution in [0.4, 0.5) is 0 Å². The Balaban J connectivity index is 2.36. The fourth-order valence-corrected chi connectivity index (χ4v) is 1.68. The second kappa shape index (κ2) is 3.35. The zero-order valence-corrected chi connectivity index (χ0v) is 7.13. The quantitative estimate of drug-likeness (QED) is 0.542. The fourth-order valence-electron chi connectivity index (χ4n) is 1.68. The van der Waals surface area contributed by atoms with Crippen LogP contribution in [-0.2, 0) is 4.74 Å². The van der Waals surface area contributed by atoms with Crippen molar-refractivity contribution >= 4 is 0 Å². The number of rotatable bonds is 1. The van der Waals surface area contributed by atoms with E-state index in [-0.39, 0.29) is 0 Å². The van der Waals surface area contributed by atoms with E-state index in [1.165, 1.54) is 19.5 Å². The van der Waals surface area contributed by atoms with Crippen molar-refractivity contribution in [2.24, 2.45) is 5.92 Å². The van der Waals surface area contributed by atoms with E-state index in [0.717, 1.165) is 0 Å². The number of hydrogen-bond donors (Lipinski definition) is 0. The Hall–Kier alpha value is -0.0800. The van der Waals surface area contributed by atoms with Gasteiger partial charge in [-0.15, -0.1) is 0 Å². The van der Waals surface area contributed by atoms with Gasteiger partial charge in [-0.1, -0.05) is 6.92 Å². The second-order valence-electron chi connectivity index (χ2n) is 3.30. The molecule has 0 aliphatic carbocycles. The molecule has 1 aliphatic rings. The predicted molar refractivity (Wildman–Crippen MR) is 42.1 cm³/mol. The standard InChI is InChI=1S/C8H17NO/c1-7-6-9(2)5-4-8(7)10-3/h7-8H,4-6H2,1-3H3/t7-,8-/m0/s1. The van der Waals surface area contributed by atoms with Gasteiger partial charge < -0.3 is 9.64 Å². The van der Waals surface area contributed by atoms with E-state index in [2.05, 4.69) is 18.9 Å². The summed E-state index contributed by atoms with van der Waals surface area (Å²) in [6.45, 7) is 4.62. The molecule has 60 valence electrons. The molecule has 1 fully saturated rings. The summed E-state index contributed by atoms with van der Waals surface area (Å²) < 4.78 is 5.33. The Morgan fingerprint density at radius 2 is 2.20 bits per heavy atom. The van der Waals surface area contributed by atoms with Gasteiger partial charge in [-0.25, -0.2) is 0 Å². The van der Waals surface area contributed by atoms with Crippen LogP contribution in [0.1, 0.15) is 13.3 Å². The lowest BCUT2D eigenvalue weighted by molar-refractivity contribution is 0.00750. The van der Waals surface area contributed by atoms with Crippen molar-refractivity contribution < 1.29 is 4.74 Å². The van der Waals surface area contributed by atoms with Crippen molar-refractivity contribution in [3.8, 4) is 0 Å². The number of methoxy groups -OCH3 is 1. The molecule has 0 saturated carbocycles. The Morgan fingerprint density at radius 3 is 2.70 bits per heavy atom. The summed E-state index contributed by atoms with van der Waals surface area (Å²) in [6, 6.07) is 0. The van der Waals surface area contributed by atoms with Gasteiger partial charge in [0.05, 0.1) is 6.10 Å². The topological polar surface area (TPSA) is 12.5 Å². The molecular formula is C8H17NO. The maximum Gasteiger partial charge on any atom is 0.0621 e. The molecule has 1 saturated heterocycles. The lowest BCUT2D eigenvalue weighted by Gasteiger charge is -2.33. The smallest absolute Gasteiger partial charge is 0.0621 e. The fraction of sp³-hybridized carbons (Fsp3) is 1.00. The molecule has 2 heteroatoms. The summed E-state index contributed by atoms with van der Waals surface area (Å²) >= 11 is 0. The average molecular weight is 143 g/mol. The van der Waals surface area contributed by atoms with Crippen molar-refractivity contribution in [2.45, 2.75) is 19.4 Å². The molecule has 0 N–H and O–H groups in total. The zero-order valence-electron chi connectivity index (χ0n) is 7.13. The molecule has 0 radical (unpaired) electrons. The van der Waals surface area contributed by atoms with Crippen molar-refractivity contribution in [2.75, 3.05) is 27.2 Å². The Morgan fingerprint density at radius 1 is 1.50 bits per heavy atom. The minimum Gasteiger partial charge on any atom is -0.381 e. The summed E-state index contributed by atoms with van der Waals surface area (Å²) in [4.78, 5) is 2.36. The van der Waals surface area contributed by atoms with Crippen LogP contribution in [-0.4, -0.2) is 38.3 Å². The van der Waals surface area contributed by atoms with E-state index in [0.29, 0.717) is 12.0 Å². The summed E-state index contributed by atoms with van der Waals surface area (Å²) in [5.41, 5.74) is 0. The summed E-state index contributed by atoms with van der Waals surface area (Å²) in [6.07, 6.45) is 1.69. The summed E-state index contributed by atoms with van der Waals surface area (Å²) in [5, 5.41) is 0. The molecule has 0 aromatic rings. The van der Waals surface area contributed by atoms with Crippen molar-refractivity contribution in [1.82, 2.24) is 4.90 Å². The lowest BCUT2D eigenvalue weighted by atomic mass is 9.97. The molecule has 0 spiro atoms. The van der Waals surface area contributed by atoms with Gasteiger partial charge in [0.25, 0.3) is 0 Å². The molecule has 0 amide bonds. The van der Waals surface area contributed by atoms with Gasteiger partial charge in [0.2, 0.25) is 0 Å². The lowest BCUT2D eigenvalue weighted by Crippen LogP contribution is -2.40. The monoisotopic (exact) mass is 143 g/mol. The van der Waals surface area contributed by atoms with E-state index < -0.39 is 0 Å². The maximum absolute atomic E-state index is 5.33. The predicted octanol–water partition coefficient (Wildman–Crippen LogP) is 0.973. The number of ether oxygens (including phenoxy) is 1. The van der Waals surface area contributed by atoms with Crippen LogP contribution in [0, 0.1) is 5.92 Å². The second-order valence-corrected chi connectivity index (χ2v) is 3.30. The molecule has 10 heavy (non-hydrogen) atoms. The first-order chi connectivity index (χ1) is 4.74. The van der Waals surface area contributed by atoms with Gasteiger partial charge in [0, 0.05) is 20.2 Å². The van der Waals surface area contributed by atoms with Crippen molar-refractivity contribution in [1.29, 1.82) is 0 Å². The molecule has 2 nitrogen and oxygen atoms in total. The molecule has 0 aromatic carbocycles. The van der Waals surface area contributed by atoms with E-state index in [4.69, 9.17) is 4.74 Å². The van der Waals surface area contributed by atoms with Crippen LogP contribution in [0.25, 0.3) is 0 Å². The first-order valence-electron chi connectivity index (χ1n) is 3.95. The minimum absolute atomic E-state index is 0.496. The molecule has 1 heterocycles. The van der Waals surface area contributed by atoms with Crippen LogP contribution < -0.4 is 0 Å². The Bertz CT molecular complexity index is 105. The van der Waals surface area contributed by atoms with Crippen molar-refractivity contribution in [3.05, 3.63) is 0 Å². The molecule has 0 aromatic heterocycles. The highest BCUT2D eigenvalue weighted by atomic mass is 16.5. The molecule has 0 unspecified atom stereocenters. The SMILES string of the molecule is CO[C@H]1CCN(C)C[C@@H]1C. The van der Waals surface area contributed by atoms with Gasteiger partial charge in [-0.05, 0) is 19.4 Å². The third-order valence-corrected chi connectivity index (χ3v) is 2.33. The molecule has 2 atom stereocenters. The highest BCUT2D eigenvalue weighted by molar-refractivity contribution is 4.75. The maximum atomic E-state index is 5.33. The average Bonchev–Trinajstić information content (AvgIpc) is 1.88. The number of hydrogen-bond acceptors (Lipinski definition) is 2. The first kappa shape index (κ1) is 8.02. The molecule has 0 bridgehead atoms. The molecular weight excluding hydrogens is 126 g/mol. The van der Waals surface area contributed by atoms with Crippen LogP contribution in [0.5, 0.6) is 0 Å². The normalized spacial score (nSPS) is 36.3. The number of piperidine rings is 1. The largest absolute Gasteiger partial charge is 0.381 e. The van der Waals surface area contributed by atoms with Crippen molar-refractivity contribution in [3.63, 3.8) is 0 Å². The van der Waals surface area contributed by atoms with Crippen LogP contribution in [0.15, 0.2) is 0 Å². The van der Waals surface area contributed by atoms with E-state index in [9.17, 15) is 0 Å². The van der Waals surface area contributed by atoms with E-state index in [1.54, 1.807) is 0 Å². The molecule has 1 rings (SSSR count). The Labute approximate surface area is 63.2 Å². The molecule has 1 aliphatic heterocycles.